The summed E-state index contributed by atoms with van der Waals surface area (Å²) >= 11 is 2.92. The maximum absolute atomic E-state index is 13.7. The molecule has 0 aromatic heterocycles. The van der Waals surface area contributed by atoms with Crippen LogP contribution in [0.4, 0.5) is 8.78 Å². The van der Waals surface area contributed by atoms with E-state index in [1.807, 2.05) is 0 Å². The Hall–Kier alpha value is -1.50. The van der Waals surface area contributed by atoms with Gasteiger partial charge in [0.25, 0.3) is 5.91 Å². The third-order valence-corrected chi connectivity index (χ3v) is 3.42. The number of carboxylic acids is 1. The number of benzene rings is 1. The first-order chi connectivity index (χ1) is 9.52. The molecule has 1 amide bonds. The van der Waals surface area contributed by atoms with E-state index in [-0.39, 0.29) is 10.9 Å². The number of nitrogens with one attached hydrogen (secondary N) is 1. The van der Waals surface area contributed by atoms with Gasteiger partial charge in [-0.05, 0) is 17.5 Å². The topological polar surface area (TPSA) is 66.4 Å². The number of carboxylic acid groups (broad SMARTS) is 1. The summed E-state index contributed by atoms with van der Waals surface area (Å²) in [4.78, 5) is 22.9. The predicted octanol–water partition coefficient (Wildman–Crippen LogP) is 3.35. The normalized spacial score (nSPS) is 12.9. The van der Waals surface area contributed by atoms with E-state index in [4.69, 9.17) is 5.11 Å². The maximum atomic E-state index is 13.7. The number of carbonyl (C=O) groups excluding carboxylic acids is 1. The van der Waals surface area contributed by atoms with Crippen LogP contribution in [-0.2, 0) is 4.79 Å². The molecule has 1 aromatic rings. The van der Waals surface area contributed by atoms with Gasteiger partial charge in [-0.15, -0.1) is 0 Å². The van der Waals surface area contributed by atoms with Gasteiger partial charge in [0.05, 0.1) is 6.42 Å². The van der Waals surface area contributed by atoms with Gasteiger partial charge in [-0.25, -0.2) is 8.78 Å². The van der Waals surface area contributed by atoms with Gasteiger partial charge < -0.3 is 10.4 Å². The van der Waals surface area contributed by atoms with E-state index in [1.165, 1.54) is 0 Å². The summed E-state index contributed by atoms with van der Waals surface area (Å²) in [5, 5.41) is 11.3. The van der Waals surface area contributed by atoms with Crippen LogP contribution in [0, 0.1) is 17.0 Å². The van der Waals surface area contributed by atoms with Crippen molar-refractivity contribution in [3.8, 4) is 0 Å². The van der Waals surface area contributed by atoms with Crippen LogP contribution in [0.15, 0.2) is 16.6 Å². The number of rotatable bonds is 4. The van der Waals surface area contributed by atoms with Crippen LogP contribution in [-0.4, -0.2) is 23.0 Å². The number of carbonyl (C=O) groups is 2. The van der Waals surface area contributed by atoms with Gasteiger partial charge in [0.2, 0.25) is 0 Å². The first-order valence-corrected chi connectivity index (χ1v) is 6.99. The molecule has 0 bridgehead atoms. The van der Waals surface area contributed by atoms with Crippen LogP contribution >= 0.6 is 15.9 Å². The van der Waals surface area contributed by atoms with E-state index in [0.717, 1.165) is 12.1 Å². The van der Waals surface area contributed by atoms with E-state index in [0.29, 0.717) is 0 Å². The van der Waals surface area contributed by atoms with Gasteiger partial charge in [-0.2, -0.15) is 0 Å². The summed E-state index contributed by atoms with van der Waals surface area (Å²) in [7, 11) is 0. The number of hydrogen-bond acceptors (Lipinski definition) is 2. The van der Waals surface area contributed by atoms with Crippen molar-refractivity contribution in [2.75, 3.05) is 0 Å². The molecule has 0 fully saturated rings. The summed E-state index contributed by atoms with van der Waals surface area (Å²) in [5.74, 6) is -4.10. The molecule has 0 spiro atoms. The molecule has 0 heterocycles. The molecule has 0 aliphatic heterocycles. The Morgan fingerprint density at radius 3 is 2.14 bits per heavy atom. The fourth-order valence-corrected chi connectivity index (χ4v) is 2.14. The van der Waals surface area contributed by atoms with E-state index in [2.05, 4.69) is 21.2 Å². The van der Waals surface area contributed by atoms with Crippen molar-refractivity contribution >= 4 is 27.8 Å². The zero-order valence-corrected chi connectivity index (χ0v) is 13.4. The molecule has 0 aliphatic carbocycles. The van der Waals surface area contributed by atoms with Crippen LogP contribution in [0.25, 0.3) is 0 Å². The molecule has 1 atom stereocenters. The average molecular weight is 364 g/mol. The molecule has 0 radical (unpaired) electrons. The molecule has 1 unspecified atom stereocenters. The molecule has 2 N–H and O–H groups in total. The second kappa shape index (κ2) is 6.51. The Labute approximate surface area is 129 Å². The van der Waals surface area contributed by atoms with Crippen molar-refractivity contribution < 1.29 is 23.5 Å². The second-order valence-corrected chi connectivity index (χ2v) is 6.65. The van der Waals surface area contributed by atoms with Gasteiger partial charge >= 0.3 is 5.97 Å². The first kappa shape index (κ1) is 17.6. The minimum atomic E-state index is -1.10. The van der Waals surface area contributed by atoms with Crippen molar-refractivity contribution in [3.63, 3.8) is 0 Å². The van der Waals surface area contributed by atoms with Crippen molar-refractivity contribution in [2.45, 2.75) is 33.2 Å². The van der Waals surface area contributed by atoms with Crippen LogP contribution in [0.2, 0.25) is 0 Å². The van der Waals surface area contributed by atoms with Crippen LogP contribution < -0.4 is 5.32 Å². The lowest BCUT2D eigenvalue weighted by Crippen LogP contribution is -2.45. The fraction of sp³-hybridized carbons (Fsp3) is 0.429. The molecule has 0 saturated heterocycles. The molecule has 116 valence electrons. The zero-order chi connectivity index (χ0) is 16.4. The number of hydrogen-bond donors (Lipinski definition) is 2. The van der Waals surface area contributed by atoms with Crippen molar-refractivity contribution in [1.82, 2.24) is 5.32 Å². The largest absolute Gasteiger partial charge is 0.481 e. The third-order valence-electron chi connectivity index (χ3n) is 2.96. The molecule has 1 rings (SSSR count). The SMILES string of the molecule is CC(C)(C)C(CC(=O)O)NC(=O)c1c(F)cc(Br)cc1F. The van der Waals surface area contributed by atoms with Crippen LogP contribution in [0.1, 0.15) is 37.6 Å². The molecular weight excluding hydrogens is 348 g/mol. The maximum Gasteiger partial charge on any atom is 0.305 e. The summed E-state index contributed by atoms with van der Waals surface area (Å²) in [6.07, 6.45) is -0.338. The van der Waals surface area contributed by atoms with Gasteiger partial charge in [-0.1, -0.05) is 36.7 Å². The van der Waals surface area contributed by atoms with Crippen LogP contribution in [0.5, 0.6) is 0 Å². The minimum Gasteiger partial charge on any atom is -0.481 e. The Morgan fingerprint density at radius 2 is 1.76 bits per heavy atom. The second-order valence-electron chi connectivity index (χ2n) is 5.73. The minimum absolute atomic E-state index is 0.173. The van der Waals surface area contributed by atoms with Gasteiger partial charge in [0.15, 0.2) is 0 Å². The third kappa shape index (κ3) is 4.77. The Balaban J connectivity index is 3.06. The summed E-state index contributed by atoms with van der Waals surface area (Å²) in [6.45, 7) is 5.19. The van der Waals surface area contributed by atoms with Gasteiger partial charge in [0, 0.05) is 10.5 Å². The lowest BCUT2D eigenvalue weighted by molar-refractivity contribution is -0.138. The highest BCUT2D eigenvalue weighted by molar-refractivity contribution is 9.10. The molecule has 4 nitrogen and oxygen atoms in total. The summed E-state index contributed by atoms with van der Waals surface area (Å²) in [6, 6.07) is 1.19. The van der Waals surface area contributed by atoms with E-state index in [1.54, 1.807) is 20.8 Å². The molecular formula is C14H16BrF2NO3. The fourth-order valence-electron chi connectivity index (χ4n) is 1.74. The van der Waals surface area contributed by atoms with Crippen molar-refractivity contribution in [1.29, 1.82) is 0 Å². The lowest BCUT2D eigenvalue weighted by atomic mass is 9.84. The van der Waals surface area contributed by atoms with Crippen molar-refractivity contribution in [3.05, 3.63) is 33.8 Å². The summed E-state index contributed by atoms with van der Waals surface area (Å²) in [5.41, 5.74) is -1.30. The predicted molar refractivity (Wildman–Crippen MR) is 77.0 cm³/mol. The zero-order valence-electron chi connectivity index (χ0n) is 11.8. The molecule has 1 aromatic carbocycles. The first-order valence-electron chi connectivity index (χ1n) is 6.19. The van der Waals surface area contributed by atoms with Crippen molar-refractivity contribution in [2.24, 2.45) is 5.41 Å². The molecule has 7 heteroatoms. The van der Waals surface area contributed by atoms with Crippen LogP contribution in [0.3, 0.4) is 0 Å². The number of amides is 1. The Bertz CT molecular complexity index is 547. The van der Waals surface area contributed by atoms with Gasteiger partial charge in [-0.3, -0.25) is 9.59 Å². The number of aliphatic carboxylic acids is 1. The highest BCUT2D eigenvalue weighted by Gasteiger charge is 2.30. The monoisotopic (exact) mass is 363 g/mol. The van der Waals surface area contributed by atoms with E-state index >= 15 is 0 Å². The Kier molecular flexibility index (Phi) is 5.44. The standard InChI is InChI=1S/C14H16BrF2NO3/c1-14(2,3)10(6-11(19)20)18-13(21)12-8(16)4-7(15)5-9(12)17/h4-5,10H,6H2,1-3H3,(H,18,21)(H,19,20). The number of halogens is 3. The highest BCUT2D eigenvalue weighted by atomic mass is 79.9. The average Bonchev–Trinajstić information content (AvgIpc) is 2.24. The van der Waals surface area contributed by atoms with E-state index < -0.39 is 40.5 Å². The quantitative estimate of drug-likeness (QED) is 0.861. The smallest absolute Gasteiger partial charge is 0.305 e. The van der Waals surface area contributed by atoms with Gasteiger partial charge in [0.1, 0.15) is 17.2 Å². The Morgan fingerprint density at radius 1 is 1.29 bits per heavy atom. The molecule has 21 heavy (non-hydrogen) atoms. The molecule has 0 saturated carbocycles. The van der Waals surface area contributed by atoms with E-state index in [9.17, 15) is 18.4 Å². The summed E-state index contributed by atoms with van der Waals surface area (Å²) < 4.78 is 27.6. The molecule has 0 aliphatic rings. The lowest BCUT2D eigenvalue weighted by Gasteiger charge is -2.30. The highest BCUT2D eigenvalue weighted by Crippen LogP contribution is 2.24.